The van der Waals surface area contributed by atoms with Gasteiger partial charge >= 0.3 is 6.03 Å². The van der Waals surface area contributed by atoms with Gasteiger partial charge in [0.05, 0.1) is 5.69 Å². The maximum atomic E-state index is 13.1. The lowest BCUT2D eigenvalue weighted by Gasteiger charge is -2.43. The first kappa shape index (κ1) is 19.7. The Labute approximate surface area is 164 Å². The fourth-order valence-corrected chi connectivity index (χ4v) is 4.23. The fourth-order valence-electron chi connectivity index (χ4n) is 4.03. The number of halogens is 1. The van der Waals surface area contributed by atoms with Crippen LogP contribution in [0.5, 0.6) is 0 Å². The second-order valence-corrected chi connectivity index (χ2v) is 8.04. The summed E-state index contributed by atoms with van der Waals surface area (Å²) in [6, 6.07) is -0.176. The molecule has 2 aliphatic rings. The maximum Gasteiger partial charge on any atom is 0.327 e. The van der Waals surface area contributed by atoms with E-state index in [9.17, 15) is 9.59 Å². The minimum atomic E-state index is -0.770. The van der Waals surface area contributed by atoms with E-state index in [4.69, 9.17) is 17.3 Å². The zero-order valence-electron chi connectivity index (χ0n) is 16.3. The molecule has 8 nitrogen and oxygen atoms in total. The van der Waals surface area contributed by atoms with Gasteiger partial charge in [-0.3, -0.25) is 9.69 Å². The predicted octanol–water partition coefficient (Wildman–Crippen LogP) is 2.30. The number of nitrogen functional groups attached to an aromatic ring is 1. The van der Waals surface area contributed by atoms with Crippen molar-refractivity contribution in [3.8, 4) is 0 Å². The molecule has 1 spiro atoms. The standard InChI is InChI=1S/C18H27ClN6O2/c1-5-24-15(26)18(25(17(24)27)10-11(2)3)6-8-23(9-7-18)14-13(19)12(4)21-16(20)22-14/h11H,5-10H2,1-4H3,(H2,20,21,22). The number of anilines is 2. The van der Waals surface area contributed by atoms with Crippen molar-refractivity contribution in [1.29, 1.82) is 0 Å². The largest absolute Gasteiger partial charge is 0.368 e. The van der Waals surface area contributed by atoms with Gasteiger partial charge in [-0.05, 0) is 32.6 Å². The Kier molecular flexibility index (Phi) is 5.20. The van der Waals surface area contributed by atoms with Gasteiger partial charge in [0.2, 0.25) is 5.95 Å². The van der Waals surface area contributed by atoms with Crippen molar-refractivity contribution in [2.24, 2.45) is 5.92 Å². The molecule has 3 heterocycles. The van der Waals surface area contributed by atoms with E-state index in [1.807, 2.05) is 11.8 Å². The van der Waals surface area contributed by atoms with Crippen molar-refractivity contribution < 1.29 is 9.59 Å². The first-order valence-corrected chi connectivity index (χ1v) is 9.77. The lowest BCUT2D eigenvalue weighted by Crippen LogP contribution is -2.57. The number of imide groups is 1. The Hall–Kier alpha value is -2.09. The van der Waals surface area contributed by atoms with Crippen molar-refractivity contribution in [1.82, 2.24) is 19.8 Å². The molecule has 2 N–H and O–H groups in total. The molecule has 2 fully saturated rings. The molecular weight excluding hydrogens is 368 g/mol. The zero-order chi connectivity index (χ0) is 19.9. The minimum Gasteiger partial charge on any atom is -0.368 e. The Morgan fingerprint density at radius 1 is 1.22 bits per heavy atom. The minimum absolute atomic E-state index is 0.0835. The molecule has 3 rings (SSSR count). The van der Waals surface area contributed by atoms with Crippen molar-refractivity contribution in [2.75, 3.05) is 36.8 Å². The Balaban J connectivity index is 1.87. The van der Waals surface area contributed by atoms with E-state index in [-0.39, 0.29) is 23.8 Å². The van der Waals surface area contributed by atoms with Crippen LogP contribution in [0.1, 0.15) is 39.3 Å². The van der Waals surface area contributed by atoms with E-state index < -0.39 is 5.54 Å². The molecule has 0 unspecified atom stereocenters. The average molecular weight is 395 g/mol. The van der Waals surface area contributed by atoms with Crippen molar-refractivity contribution in [3.05, 3.63) is 10.7 Å². The van der Waals surface area contributed by atoms with E-state index in [1.165, 1.54) is 4.90 Å². The highest BCUT2D eigenvalue weighted by atomic mass is 35.5. The summed E-state index contributed by atoms with van der Waals surface area (Å²) < 4.78 is 0. The van der Waals surface area contributed by atoms with E-state index >= 15 is 0 Å². The highest BCUT2D eigenvalue weighted by Crippen LogP contribution is 2.39. The number of rotatable bonds is 4. The number of piperidine rings is 1. The summed E-state index contributed by atoms with van der Waals surface area (Å²) in [6.07, 6.45) is 1.08. The third-order valence-corrected chi connectivity index (χ3v) is 5.84. The molecule has 0 radical (unpaired) electrons. The normalized spacial score (nSPS) is 19.7. The number of urea groups is 1. The molecule has 2 aliphatic heterocycles. The van der Waals surface area contributed by atoms with Crippen LogP contribution in [0.3, 0.4) is 0 Å². The third kappa shape index (κ3) is 3.20. The van der Waals surface area contributed by atoms with Crippen LogP contribution >= 0.6 is 11.6 Å². The lowest BCUT2D eigenvalue weighted by atomic mass is 9.85. The molecule has 0 atom stereocenters. The first-order chi connectivity index (χ1) is 12.7. The number of aromatic nitrogens is 2. The SMILES string of the molecule is CCN1C(=O)N(CC(C)C)C2(CCN(c3nc(N)nc(C)c3Cl)CC2)C1=O. The molecule has 1 aromatic rings. The predicted molar refractivity (Wildman–Crippen MR) is 105 cm³/mol. The molecule has 0 saturated carbocycles. The maximum absolute atomic E-state index is 13.1. The number of nitrogens with two attached hydrogens (primary N) is 1. The first-order valence-electron chi connectivity index (χ1n) is 9.39. The highest BCUT2D eigenvalue weighted by Gasteiger charge is 2.57. The quantitative estimate of drug-likeness (QED) is 0.787. The monoisotopic (exact) mass is 394 g/mol. The van der Waals surface area contributed by atoms with Crippen molar-refractivity contribution in [3.63, 3.8) is 0 Å². The Morgan fingerprint density at radius 3 is 2.41 bits per heavy atom. The topological polar surface area (TPSA) is 95.7 Å². The number of hydrogen-bond acceptors (Lipinski definition) is 6. The molecule has 0 bridgehead atoms. The summed E-state index contributed by atoms with van der Waals surface area (Å²) in [5.74, 6) is 0.973. The highest BCUT2D eigenvalue weighted by molar-refractivity contribution is 6.33. The number of nitrogens with zero attached hydrogens (tertiary/aromatic N) is 5. The summed E-state index contributed by atoms with van der Waals surface area (Å²) in [6.45, 7) is 9.85. The van der Waals surface area contributed by atoms with Crippen LogP contribution in [0.2, 0.25) is 5.02 Å². The van der Waals surface area contributed by atoms with Crippen LogP contribution in [-0.4, -0.2) is 63.4 Å². The van der Waals surface area contributed by atoms with Gasteiger partial charge < -0.3 is 15.5 Å². The number of likely N-dealkylation sites (N-methyl/N-ethyl adjacent to an activating group) is 1. The van der Waals surface area contributed by atoms with Crippen LogP contribution in [0, 0.1) is 12.8 Å². The van der Waals surface area contributed by atoms with Crippen LogP contribution in [0.15, 0.2) is 0 Å². The molecule has 148 valence electrons. The van der Waals surface area contributed by atoms with Gasteiger partial charge in [0.1, 0.15) is 10.6 Å². The van der Waals surface area contributed by atoms with Crippen LogP contribution in [0.4, 0.5) is 16.6 Å². The second-order valence-electron chi connectivity index (χ2n) is 7.66. The summed E-state index contributed by atoms with van der Waals surface area (Å²) >= 11 is 6.38. The van der Waals surface area contributed by atoms with Gasteiger partial charge in [0.15, 0.2) is 5.82 Å². The lowest BCUT2D eigenvalue weighted by molar-refractivity contribution is -0.134. The van der Waals surface area contributed by atoms with Crippen molar-refractivity contribution >= 4 is 35.3 Å². The van der Waals surface area contributed by atoms with E-state index in [0.29, 0.717) is 55.6 Å². The van der Waals surface area contributed by atoms with E-state index in [0.717, 1.165) is 0 Å². The number of aryl methyl sites for hydroxylation is 1. The van der Waals surface area contributed by atoms with Crippen molar-refractivity contribution in [2.45, 2.75) is 46.1 Å². The van der Waals surface area contributed by atoms with Crippen LogP contribution in [0.25, 0.3) is 0 Å². The summed E-state index contributed by atoms with van der Waals surface area (Å²) in [5, 5.41) is 0.475. The van der Waals surface area contributed by atoms with Gasteiger partial charge in [-0.2, -0.15) is 4.98 Å². The number of amides is 3. The van der Waals surface area contributed by atoms with Crippen LogP contribution < -0.4 is 10.6 Å². The molecule has 0 aliphatic carbocycles. The molecule has 1 aromatic heterocycles. The van der Waals surface area contributed by atoms with Gasteiger partial charge in [0, 0.05) is 26.2 Å². The number of carbonyl (C=O) groups is 2. The average Bonchev–Trinajstić information content (AvgIpc) is 2.80. The second kappa shape index (κ2) is 7.14. The number of hydrogen-bond donors (Lipinski definition) is 1. The Bertz CT molecular complexity index is 760. The summed E-state index contributed by atoms with van der Waals surface area (Å²) in [4.78, 5) is 39.5. The molecule has 3 amide bonds. The molecule has 27 heavy (non-hydrogen) atoms. The fraction of sp³-hybridized carbons (Fsp3) is 0.667. The molecular formula is C18H27ClN6O2. The Morgan fingerprint density at radius 2 is 1.85 bits per heavy atom. The summed E-state index contributed by atoms with van der Waals surface area (Å²) in [5.41, 5.74) is 5.64. The van der Waals surface area contributed by atoms with E-state index in [2.05, 4.69) is 23.8 Å². The van der Waals surface area contributed by atoms with E-state index in [1.54, 1.807) is 11.8 Å². The van der Waals surface area contributed by atoms with Gasteiger partial charge in [-0.1, -0.05) is 25.4 Å². The van der Waals surface area contributed by atoms with Gasteiger partial charge in [-0.15, -0.1) is 0 Å². The number of carbonyl (C=O) groups excluding carboxylic acids is 2. The molecule has 9 heteroatoms. The van der Waals surface area contributed by atoms with Gasteiger partial charge in [-0.25, -0.2) is 9.78 Å². The molecule has 0 aromatic carbocycles. The van der Waals surface area contributed by atoms with Crippen LogP contribution in [-0.2, 0) is 4.79 Å². The molecule has 2 saturated heterocycles. The zero-order valence-corrected chi connectivity index (χ0v) is 17.1. The third-order valence-electron chi connectivity index (χ3n) is 5.39. The van der Waals surface area contributed by atoms with Gasteiger partial charge in [0.25, 0.3) is 5.91 Å². The summed E-state index contributed by atoms with van der Waals surface area (Å²) in [7, 11) is 0. The smallest absolute Gasteiger partial charge is 0.327 e.